The summed E-state index contributed by atoms with van der Waals surface area (Å²) in [6.45, 7) is 8.57. The van der Waals surface area contributed by atoms with E-state index in [1.165, 1.54) is 15.8 Å². The number of aliphatic hydroxyl groups is 3. The van der Waals surface area contributed by atoms with Gasteiger partial charge in [-0.2, -0.15) is 0 Å². The summed E-state index contributed by atoms with van der Waals surface area (Å²) in [5, 5.41) is 48.8. The number of ether oxygens (including phenoxy) is 1. The van der Waals surface area contributed by atoms with Gasteiger partial charge in [-0.15, -0.1) is 0 Å². The molecule has 17 heteroatoms. The number of aromatic nitrogens is 1. The summed E-state index contributed by atoms with van der Waals surface area (Å²) in [6.07, 6.45) is -0.0450. The maximum atomic E-state index is 14.4. The van der Waals surface area contributed by atoms with E-state index in [9.17, 15) is 29.1 Å². The minimum Gasteiger partial charge on any atom is -0.479 e. The molecule has 4 aliphatic heterocycles. The molecule has 8 atom stereocenters. The molecule has 1 aromatic carbocycles. The Labute approximate surface area is 313 Å². The Morgan fingerprint density at radius 1 is 1.09 bits per heavy atom. The summed E-state index contributed by atoms with van der Waals surface area (Å²) in [5.41, 5.74) is 2.68. The van der Waals surface area contributed by atoms with Gasteiger partial charge in [0.05, 0.1) is 10.5 Å². The molecule has 0 bridgehead atoms. The van der Waals surface area contributed by atoms with Gasteiger partial charge in [-0.25, -0.2) is 9.59 Å². The number of aliphatic carboxylic acids is 2. The van der Waals surface area contributed by atoms with Crippen molar-refractivity contribution >= 4 is 62.1 Å². The number of fused-ring (bicyclic) bond motifs is 5. The van der Waals surface area contributed by atoms with E-state index in [0.717, 1.165) is 34.1 Å². The molecule has 16 nitrogen and oxygen atoms in total. The van der Waals surface area contributed by atoms with Crippen molar-refractivity contribution in [3.05, 3.63) is 40.0 Å². The van der Waals surface area contributed by atoms with Crippen LogP contribution in [0.2, 0.25) is 0 Å². The number of carbonyl (C=O) groups is 5. The molecule has 0 spiro atoms. The SMILES string of the molecule is CC(C)C[C@H]1C(=O)N2CCC[C@H]2[C@]2(O)O[C@](NC(=O)[C@@H]3C=C4c5cccc6[nH]c(Br)c(c56)C[C@H]4N(C)C3)(C(C)C)C(=O)N12.O=C(O)C(O)C(O)C(=O)O. The van der Waals surface area contributed by atoms with Gasteiger partial charge < -0.3 is 40.7 Å². The first-order valence-electron chi connectivity index (χ1n) is 17.8. The molecule has 5 heterocycles. The highest BCUT2D eigenvalue weighted by molar-refractivity contribution is 9.10. The van der Waals surface area contributed by atoms with Crippen LogP contribution in [0.15, 0.2) is 28.9 Å². The Hall–Kier alpha value is -3.87. The minimum absolute atomic E-state index is 0.104. The van der Waals surface area contributed by atoms with E-state index >= 15 is 0 Å². The zero-order valence-electron chi connectivity index (χ0n) is 30.1. The Balaban J connectivity index is 0.000000423. The molecular formula is C36H46BrN5O11. The van der Waals surface area contributed by atoms with Gasteiger partial charge in [0.1, 0.15) is 12.1 Å². The number of likely N-dealkylation sites (N-methyl/N-ethyl adjacent to an activating group) is 1. The van der Waals surface area contributed by atoms with Crippen LogP contribution in [0.25, 0.3) is 16.5 Å². The number of rotatable bonds is 8. The van der Waals surface area contributed by atoms with Crippen molar-refractivity contribution in [2.45, 2.75) is 95.3 Å². The van der Waals surface area contributed by atoms with Crippen LogP contribution in [0.4, 0.5) is 0 Å². The number of H-pyrrole nitrogens is 1. The molecule has 0 saturated carbocycles. The fourth-order valence-corrected chi connectivity index (χ4v) is 8.99. The number of carboxylic acid groups (broad SMARTS) is 2. The van der Waals surface area contributed by atoms with E-state index in [4.69, 9.17) is 25.2 Å². The normalized spacial score (nSPS) is 30.4. The van der Waals surface area contributed by atoms with E-state index in [1.54, 1.807) is 18.7 Å². The monoisotopic (exact) mass is 803 g/mol. The van der Waals surface area contributed by atoms with Crippen molar-refractivity contribution in [3.8, 4) is 0 Å². The summed E-state index contributed by atoms with van der Waals surface area (Å²) in [4.78, 5) is 70.3. The second-order valence-electron chi connectivity index (χ2n) is 15.3. The average molecular weight is 805 g/mol. The molecule has 2 aromatic rings. The van der Waals surface area contributed by atoms with Gasteiger partial charge in [-0.05, 0) is 77.3 Å². The van der Waals surface area contributed by atoms with Gasteiger partial charge in [-0.1, -0.05) is 45.9 Å². The van der Waals surface area contributed by atoms with Gasteiger partial charge in [0.2, 0.25) is 17.5 Å². The first kappa shape index (κ1) is 38.8. The van der Waals surface area contributed by atoms with Gasteiger partial charge in [-0.3, -0.25) is 28.9 Å². The number of carbonyl (C=O) groups excluding carboxylic acids is 3. The summed E-state index contributed by atoms with van der Waals surface area (Å²) in [5.74, 6) is -7.55. The smallest absolute Gasteiger partial charge is 0.335 e. The van der Waals surface area contributed by atoms with E-state index < -0.39 is 65.6 Å². The Bertz CT molecular complexity index is 1860. The molecule has 3 amide bonds. The number of nitrogens with zero attached hydrogens (tertiary/aromatic N) is 3. The summed E-state index contributed by atoms with van der Waals surface area (Å²) in [7, 11) is 2.03. The van der Waals surface area contributed by atoms with Crippen LogP contribution in [-0.2, 0) is 35.1 Å². The molecule has 53 heavy (non-hydrogen) atoms. The number of halogens is 1. The Morgan fingerprint density at radius 3 is 2.36 bits per heavy atom. The molecule has 7 rings (SSSR count). The molecular weight excluding hydrogens is 758 g/mol. The second kappa shape index (κ2) is 14.1. The maximum absolute atomic E-state index is 14.4. The molecule has 288 valence electrons. The molecule has 1 aliphatic carbocycles. The number of amides is 3. The number of nitrogens with one attached hydrogen (secondary N) is 2. The third-order valence-electron chi connectivity index (χ3n) is 11.1. The molecule has 3 saturated heterocycles. The second-order valence-corrected chi connectivity index (χ2v) is 16.0. The average Bonchev–Trinajstić information content (AvgIpc) is 3.78. The van der Waals surface area contributed by atoms with Crippen LogP contribution >= 0.6 is 15.9 Å². The Kier molecular flexibility index (Phi) is 10.3. The summed E-state index contributed by atoms with van der Waals surface area (Å²) < 4.78 is 7.43. The third kappa shape index (κ3) is 6.34. The minimum atomic E-state index is -2.27. The molecule has 5 aliphatic rings. The zero-order chi connectivity index (χ0) is 38.9. The highest BCUT2D eigenvalue weighted by Crippen LogP contribution is 2.49. The van der Waals surface area contributed by atoms with Crippen LogP contribution in [0.3, 0.4) is 0 Å². The van der Waals surface area contributed by atoms with Crippen LogP contribution in [0.1, 0.15) is 58.1 Å². The number of hydrogen-bond acceptors (Lipinski definition) is 10. The van der Waals surface area contributed by atoms with E-state index in [2.05, 4.69) is 43.3 Å². The standard InChI is InChI=1S/C32H40BrN5O5.C4H6O6/c1-16(2)12-24-29(40)37-11-7-10-25(37)32(42)38(24)30(41)31(43-32,17(3)4)35-28(39)18-13-20-19-8-6-9-22-26(19)21(27(33)34-22)14-23(20)36(5)15-18;5-1(3(7)8)2(6)4(9)10/h6,8-9,13,16-18,23-25,34,42H,7,10-12,14-15H2,1-5H3,(H,35,39);1-2,5-6H,(H,7,8)(H,9,10)/t18-,23-,24+,25+,31-,32+;/m1./s1. The predicted molar refractivity (Wildman–Crippen MR) is 191 cm³/mol. The largest absolute Gasteiger partial charge is 0.479 e. The maximum Gasteiger partial charge on any atom is 0.335 e. The first-order chi connectivity index (χ1) is 24.8. The van der Waals surface area contributed by atoms with Gasteiger partial charge in [0.15, 0.2) is 12.2 Å². The van der Waals surface area contributed by atoms with Crippen molar-refractivity contribution in [1.29, 1.82) is 0 Å². The van der Waals surface area contributed by atoms with Gasteiger partial charge in [0.25, 0.3) is 11.8 Å². The van der Waals surface area contributed by atoms with Crippen LogP contribution < -0.4 is 5.32 Å². The van der Waals surface area contributed by atoms with E-state index in [-0.39, 0.29) is 23.8 Å². The molecule has 2 unspecified atom stereocenters. The van der Waals surface area contributed by atoms with Crippen LogP contribution in [0, 0.1) is 17.8 Å². The van der Waals surface area contributed by atoms with Crippen molar-refractivity contribution in [1.82, 2.24) is 25.0 Å². The quantitative estimate of drug-likeness (QED) is 0.199. The third-order valence-corrected chi connectivity index (χ3v) is 11.7. The van der Waals surface area contributed by atoms with Gasteiger partial charge >= 0.3 is 11.9 Å². The van der Waals surface area contributed by atoms with Crippen molar-refractivity contribution in [3.63, 3.8) is 0 Å². The topological polar surface area (TPSA) is 233 Å². The van der Waals surface area contributed by atoms with E-state index in [0.29, 0.717) is 25.9 Å². The fraction of sp³-hybridized carbons (Fsp3) is 0.583. The van der Waals surface area contributed by atoms with Crippen molar-refractivity contribution in [2.75, 3.05) is 20.1 Å². The molecule has 1 aromatic heterocycles. The van der Waals surface area contributed by atoms with Gasteiger partial charge in [0, 0.05) is 36.0 Å². The number of aromatic amines is 1. The highest BCUT2D eigenvalue weighted by atomic mass is 79.9. The van der Waals surface area contributed by atoms with Crippen molar-refractivity contribution in [2.24, 2.45) is 17.8 Å². The summed E-state index contributed by atoms with van der Waals surface area (Å²) >= 11 is 3.70. The number of aliphatic hydroxyl groups excluding tert-OH is 2. The molecule has 3 fully saturated rings. The lowest BCUT2D eigenvalue weighted by Crippen LogP contribution is -2.71. The zero-order valence-corrected chi connectivity index (χ0v) is 31.7. The summed E-state index contributed by atoms with van der Waals surface area (Å²) in [6, 6.07) is 4.76. The number of carboxylic acids is 2. The Morgan fingerprint density at radius 2 is 1.75 bits per heavy atom. The number of benzene rings is 1. The van der Waals surface area contributed by atoms with E-state index in [1.807, 2.05) is 33.0 Å². The highest BCUT2D eigenvalue weighted by Gasteiger charge is 2.72. The first-order valence-corrected chi connectivity index (χ1v) is 18.5. The predicted octanol–water partition coefficient (Wildman–Crippen LogP) is 1.07. The lowest BCUT2D eigenvalue weighted by Gasteiger charge is -2.49. The number of hydrogen-bond donors (Lipinski definition) is 7. The van der Waals surface area contributed by atoms with Crippen LogP contribution in [0.5, 0.6) is 0 Å². The van der Waals surface area contributed by atoms with Crippen molar-refractivity contribution < 1.29 is 54.2 Å². The molecule has 7 N–H and O–H groups in total. The number of piperazine rings is 1. The van der Waals surface area contributed by atoms with Crippen LogP contribution in [-0.4, -0.2) is 137 Å². The fourth-order valence-electron chi connectivity index (χ4n) is 8.42. The lowest BCUT2D eigenvalue weighted by atomic mass is 9.79. The molecule has 0 radical (unpaired) electrons. The lowest BCUT2D eigenvalue weighted by molar-refractivity contribution is -0.322.